The Morgan fingerprint density at radius 1 is 0.459 bits per heavy atom. The Kier molecular flexibility index (Phi) is 14.9. The van der Waals surface area contributed by atoms with Gasteiger partial charge in [0, 0.05) is 14.2 Å². The van der Waals surface area contributed by atoms with Gasteiger partial charge in [-0.25, -0.2) is 0 Å². The van der Waals surface area contributed by atoms with E-state index >= 15 is 0 Å². The lowest BCUT2D eigenvalue weighted by molar-refractivity contribution is -0.489. The van der Waals surface area contributed by atoms with Crippen LogP contribution in [0.4, 0.5) is 0 Å². The third-order valence-electron chi connectivity index (χ3n) is 11.2. The van der Waals surface area contributed by atoms with Gasteiger partial charge in [0.05, 0.1) is 96.9 Å². The van der Waals surface area contributed by atoms with Crippen LogP contribution in [-0.2, 0) is 93.7 Å². The standard InChI is InChI=1S/C44H62O17/c1-27(23-45-3)48-19-21-52-32-37-31(38-33(39(32)58-43(56-37)57-38)53-22-20-49-28(2)24-46-4)50-17-15-47-16-18-51-34-40-35(54-25-29-11-7-5-8-12-29)42-36(41(34)60-44(59-40)61-42)55-26-30-13-9-6-10-14-30/h5-14,27-28,31-44H,15-26H2,1-4H3/t27-,28-,31?,32?,33?,34?,35+,36?,37+,38?,39?,40?,41?,42?,43?,44?/m1/s1/i17D2,18D2. The van der Waals surface area contributed by atoms with Crippen LogP contribution < -0.4 is 0 Å². The summed E-state index contributed by atoms with van der Waals surface area (Å²) in [5.41, 5.74) is 1.86. The van der Waals surface area contributed by atoms with Crippen LogP contribution in [0.3, 0.4) is 0 Å². The third kappa shape index (κ3) is 11.4. The van der Waals surface area contributed by atoms with Crippen molar-refractivity contribution in [2.75, 3.05) is 80.2 Å². The van der Waals surface area contributed by atoms with E-state index in [1.165, 1.54) is 0 Å². The fraction of sp³-hybridized carbons (Fsp3) is 0.727. The first-order valence-corrected chi connectivity index (χ1v) is 21.0. The molecule has 6 heterocycles. The van der Waals surface area contributed by atoms with Gasteiger partial charge in [0.25, 0.3) is 13.0 Å². The van der Waals surface area contributed by atoms with E-state index in [0.29, 0.717) is 13.2 Å². The molecule has 0 spiro atoms. The van der Waals surface area contributed by atoms with Gasteiger partial charge in [0.2, 0.25) is 0 Å². The molecular formula is C44H62O17. The first-order chi connectivity index (χ1) is 31.4. The summed E-state index contributed by atoms with van der Waals surface area (Å²) in [4.78, 5) is 0. The lowest BCUT2D eigenvalue weighted by Crippen LogP contribution is -2.76. The van der Waals surface area contributed by atoms with Crippen LogP contribution in [0, 0.1) is 0 Å². The highest BCUT2D eigenvalue weighted by atomic mass is 16.9. The highest BCUT2D eigenvalue weighted by Crippen LogP contribution is 2.45. The van der Waals surface area contributed by atoms with Crippen LogP contribution in [0.1, 0.15) is 30.5 Å². The summed E-state index contributed by atoms with van der Waals surface area (Å²) in [6.45, 7) is -2.41. The minimum atomic E-state index is -2.48. The van der Waals surface area contributed by atoms with Crippen molar-refractivity contribution in [1.82, 2.24) is 0 Å². The number of benzene rings is 2. The van der Waals surface area contributed by atoms with Gasteiger partial charge in [-0.2, -0.15) is 0 Å². The van der Waals surface area contributed by atoms with Crippen LogP contribution in [0.15, 0.2) is 60.7 Å². The predicted molar refractivity (Wildman–Crippen MR) is 211 cm³/mol. The molecule has 12 unspecified atom stereocenters. The molecule has 8 fully saturated rings. The molecular weight excluding hydrogens is 800 g/mol. The zero-order chi connectivity index (χ0) is 45.6. The largest absolute Gasteiger partial charge is 0.382 e. The Morgan fingerprint density at radius 2 is 0.803 bits per heavy atom. The van der Waals surface area contributed by atoms with Crippen molar-refractivity contribution < 1.29 is 86.0 Å². The molecule has 16 atom stereocenters. The topological polar surface area (TPSA) is 157 Å². The number of rotatable bonds is 28. The summed E-state index contributed by atoms with van der Waals surface area (Å²) < 4.78 is 137. The third-order valence-corrected chi connectivity index (χ3v) is 11.2. The number of hydrogen-bond donors (Lipinski definition) is 0. The smallest absolute Gasteiger partial charge is 0.272 e. The van der Waals surface area contributed by atoms with Crippen molar-refractivity contribution in [3.05, 3.63) is 71.8 Å². The summed E-state index contributed by atoms with van der Waals surface area (Å²) in [5.74, 6) is 0. The molecule has 6 saturated heterocycles. The number of methoxy groups -OCH3 is 2. The highest BCUT2D eigenvalue weighted by Gasteiger charge is 2.65. The van der Waals surface area contributed by atoms with E-state index in [-0.39, 0.29) is 51.8 Å². The van der Waals surface area contributed by atoms with Crippen LogP contribution >= 0.6 is 0 Å². The Balaban J connectivity index is 0.907. The van der Waals surface area contributed by atoms with Crippen molar-refractivity contribution in [3.63, 3.8) is 0 Å². The van der Waals surface area contributed by atoms with E-state index in [9.17, 15) is 0 Å². The second kappa shape index (κ2) is 22.6. The quantitative estimate of drug-likeness (QED) is 0.115. The van der Waals surface area contributed by atoms with Crippen molar-refractivity contribution in [1.29, 1.82) is 0 Å². The zero-order valence-electron chi connectivity index (χ0n) is 39.0. The van der Waals surface area contributed by atoms with E-state index in [0.717, 1.165) is 11.1 Å². The average molecular weight is 867 g/mol. The molecule has 8 bridgehead atoms. The summed E-state index contributed by atoms with van der Waals surface area (Å²) >= 11 is 0. The molecule has 17 heteroatoms. The normalized spacial score (nSPS) is 37.0. The Labute approximate surface area is 363 Å². The summed E-state index contributed by atoms with van der Waals surface area (Å²) in [7, 11) is 3.20. The molecule has 8 aliphatic rings. The summed E-state index contributed by atoms with van der Waals surface area (Å²) in [6, 6.07) is 19.3. The van der Waals surface area contributed by atoms with Gasteiger partial charge in [-0.1, -0.05) is 60.7 Å². The van der Waals surface area contributed by atoms with Crippen molar-refractivity contribution in [2.24, 2.45) is 0 Å². The zero-order valence-corrected chi connectivity index (χ0v) is 35.0. The molecule has 0 amide bonds. The minimum Gasteiger partial charge on any atom is -0.382 e. The molecule has 2 saturated carbocycles. The average Bonchev–Trinajstić information content (AvgIpc) is 3.27. The summed E-state index contributed by atoms with van der Waals surface area (Å²) in [6.07, 6.45) is -9.68. The van der Waals surface area contributed by atoms with Crippen molar-refractivity contribution in [2.45, 2.75) is 125 Å². The van der Waals surface area contributed by atoms with E-state index in [2.05, 4.69) is 0 Å². The minimum absolute atomic E-state index is 0.157. The molecule has 2 aromatic rings. The van der Waals surface area contributed by atoms with Gasteiger partial charge >= 0.3 is 0 Å². The summed E-state index contributed by atoms with van der Waals surface area (Å²) in [5, 5.41) is 0. The van der Waals surface area contributed by atoms with Crippen LogP contribution in [0.2, 0.25) is 0 Å². The Bertz CT molecular complexity index is 1640. The van der Waals surface area contributed by atoms with Gasteiger partial charge < -0.3 is 80.5 Å². The molecule has 61 heavy (non-hydrogen) atoms. The van der Waals surface area contributed by atoms with E-state index in [1.807, 2.05) is 74.5 Å². The molecule has 2 aromatic carbocycles. The molecule has 0 aromatic heterocycles. The molecule has 340 valence electrons. The number of hydrogen-bond acceptors (Lipinski definition) is 17. The molecule has 6 aliphatic heterocycles. The van der Waals surface area contributed by atoms with Crippen molar-refractivity contribution >= 4 is 0 Å². The lowest BCUT2D eigenvalue weighted by atomic mass is 9.82. The molecule has 10 rings (SSSR count). The fourth-order valence-electron chi connectivity index (χ4n) is 8.52. The monoisotopic (exact) mass is 866 g/mol. The molecule has 17 nitrogen and oxygen atoms in total. The first kappa shape index (κ1) is 40.3. The van der Waals surface area contributed by atoms with Gasteiger partial charge in [-0.05, 0) is 25.0 Å². The molecule has 2 aliphatic carbocycles. The van der Waals surface area contributed by atoms with Crippen LogP contribution in [-0.4, -0.2) is 179 Å². The van der Waals surface area contributed by atoms with E-state index < -0.39 is 113 Å². The van der Waals surface area contributed by atoms with Crippen LogP contribution in [0.5, 0.6) is 0 Å². The second-order valence-electron chi connectivity index (χ2n) is 15.6. The lowest BCUT2D eigenvalue weighted by Gasteiger charge is -2.58. The van der Waals surface area contributed by atoms with Gasteiger partial charge in [-0.3, -0.25) is 0 Å². The van der Waals surface area contributed by atoms with Gasteiger partial charge in [0.1, 0.15) is 73.2 Å². The maximum Gasteiger partial charge on any atom is 0.272 e. The van der Waals surface area contributed by atoms with Crippen LogP contribution in [0.25, 0.3) is 0 Å². The van der Waals surface area contributed by atoms with Gasteiger partial charge in [0.15, 0.2) is 0 Å². The van der Waals surface area contributed by atoms with E-state index in [4.69, 9.17) is 86.0 Å². The highest BCUT2D eigenvalue weighted by molar-refractivity contribution is 5.16. The molecule has 0 radical (unpaired) electrons. The SMILES string of the molecule is [2H]C([2H])(COCC([2H])([2H])OC1C2OC3OC(C2OCCO[C@H](C)COC)C(OCCO[C@H](C)COC)[C@H]1O3)OC1C2OC3OC(C2OCc2ccccc2)[C@@H](OCc2ccccc2)C1O3. The molecule has 0 N–H and O–H groups in total. The predicted octanol–water partition coefficient (Wildman–Crippen LogP) is 2.78. The Morgan fingerprint density at radius 3 is 1.16 bits per heavy atom. The maximum atomic E-state index is 8.92. The fourth-order valence-corrected chi connectivity index (χ4v) is 8.52. The maximum absolute atomic E-state index is 8.92. The van der Waals surface area contributed by atoms with E-state index in [1.54, 1.807) is 14.2 Å². The van der Waals surface area contributed by atoms with Crippen molar-refractivity contribution in [3.8, 4) is 0 Å². The second-order valence-corrected chi connectivity index (χ2v) is 15.6. The Hall–Kier alpha value is -2.24. The number of ether oxygens (including phenoxy) is 17. The van der Waals surface area contributed by atoms with Gasteiger partial charge in [-0.15, -0.1) is 0 Å². The first-order valence-electron chi connectivity index (χ1n) is 23.0.